The first-order chi connectivity index (χ1) is 11.8. The average molecular weight is 367 g/mol. The summed E-state index contributed by atoms with van der Waals surface area (Å²) in [6.45, 7) is 6.65. The Morgan fingerprint density at radius 2 is 1.76 bits per heavy atom. The molecular formula is C18H25NO5S. The van der Waals surface area contributed by atoms with Crippen LogP contribution in [0.3, 0.4) is 0 Å². The number of aryl methyl sites for hydroxylation is 1. The molecular weight excluding hydrogens is 342 g/mol. The molecule has 2 rings (SSSR count). The van der Waals surface area contributed by atoms with Gasteiger partial charge in [-0.15, -0.1) is 0 Å². The van der Waals surface area contributed by atoms with Gasteiger partial charge in [0.05, 0.1) is 4.90 Å². The van der Waals surface area contributed by atoms with Crippen LogP contribution in [-0.2, 0) is 10.0 Å². The van der Waals surface area contributed by atoms with Gasteiger partial charge in [-0.25, -0.2) is 13.2 Å². The molecule has 1 aromatic carbocycles. The van der Waals surface area contributed by atoms with E-state index in [2.05, 4.69) is 0 Å². The molecule has 6 nitrogen and oxygen atoms in total. The molecule has 138 valence electrons. The molecule has 0 aliphatic carbocycles. The third-order valence-corrected chi connectivity index (χ3v) is 6.16. The predicted molar refractivity (Wildman–Crippen MR) is 96.5 cm³/mol. The first kappa shape index (κ1) is 19.5. The Morgan fingerprint density at radius 3 is 2.28 bits per heavy atom. The van der Waals surface area contributed by atoms with Gasteiger partial charge in [-0.1, -0.05) is 26.7 Å². The van der Waals surface area contributed by atoms with Crippen LogP contribution < -0.4 is 0 Å². The number of sulfonamides is 1. The molecule has 25 heavy (non-hydrogen) atoms. The number of hydrogen-bond donors (Lipinski definition) is 1. The highest BCUT2D eigenvalue weighted by Gasteiger charge is 2.25. The van der Waals surface area contributed by atoms with Gasteiger partial charge in [0.1, 0.15) is 5.58 Å². The number of rotatable bonds is 9. The predicted octanol–water partition coefficient (Wildman–Crippen LogP) is 4.03. The lowest BCUT2D eigenvalue weighted by atomic mass is 10.1. The van der Waals surface area contributed by atoms with Crippen LogP contribution in [0, 0.1) is 6.92 Å². The van der Waals surface area contributed by atoms with Gasteiger partial charge in [-0.3, -0.25) is 0 Å². The smallest absolute Gasteiger partial charge is 0.372 e. The van der Waals surface area contributed by atoms with E-state index >= 15 is 0 Å². The lowest BCUT2D eigenvalue weighted by molar-refractivity contribution is 0.0664. The van der Waals surface area contributed by atoms with Crippen molar-refractivity contribution >= 4 is 27.0 Å². The van der Waals surface area contributed by atoms with Crippen molar-refractivity contribution < 1.29 is 22.7 Å². The molecule has 0 amide bonds. The van der Waals surface area contributed by atoms with E-state index in [-0.39, 0.29) is 10.7 Å². The standard InChI is InChI=1S/C18H25NO5S/c1-4-6-10-19(11-7-5-2)25(22,23)14-8-9-16-15(12-14)13(3)17(24-16)18(20)21/h8-9,12H,4-7,10-11H2,1-3H3,(H,20,21). The maximum atomic E-state index is 13.0. The van der Waals surface area contributed by atoms with Gasteiger partial charge in [-0.2, -0.15) is 4.31 Å². The molecule has 0 saturated carbocycles. The third-order valence-electron chi connectivity index (χ3n) is 4.26. The van der Waals surface area contributed by atoms with E-state index < -0.39 is 16.0 Å². The minimum Gasteiger partial charge on any atom is -0.475 e. The summed E-state index contributed by atoms with van der Waals surface area (Å²) >= 11 is 0. The van der Waals surface area contributed by atoms with E-state index in [0.717, 1.165) is 25.7 Å². The zero-order valence-electron chi connectivity index (χ0n) is 14.9. The van der Waals surface area contributed by atoms with Crippen molar-refractivity contribution in [2.75, 3.05) is 13.1 Å². The topological polar surface area (TPSA) is 87.8 Å². The van der Waals surface area contributed by atoms with E-state index in [0.29, 0.717) is 29.6 Å². The highest BCUT2D eigenvalue weighted by atomic mass is 32.2. The number of carboxylic acids is 1. The first-order valence-electron chi connectivity index (χ1n) is 8.59. The van der Waals surface area contributed by atoms with Gasteiger partial charge in [0.2, 0.25) is 15.8 Å². The summed E-state index contributed by atoms with van der Waals surface area (Å²) in [6, 6.07) is 4.53. The van der Waals surface area contributed by atoms with Crippen LogP contribution >= 0.6 is 0 Å². The highest BCUT2D eigenvalue weighted by Crippen LogP contribution is 2.29. The van der Waals surface area contributed by atoms with Gasteiger partial charge in [0.15, 0.2) is 0 Å². The van der Waals surface area contributed by atoms with Crippen LogP contribution in [0.4, 0.5) is 0 Å². The summed E-state index contributed by atoms with van der Waals surface area (Å²) in [5.74, 6) is -1.32. The van der Waals surface area contributed by atoms with Gasteiger partial charge in [0, 0.05) is 24.0 Å². The molecule has 0 fully saturated rings. The fourth-order valence-electron chi connectivity index (χ4n) is 2.73. The zero-order chi connectivity index (χ0) is 18.6. The van der Waals surface area contributed by atoms with Crippen molar-refractivity contribution in [2.45, 2.75) is 51.3 Å². The van der Waals surface area contributed by atoms with Gasteiger partial charge in [-0.05, 0) is 38.0 Å². The van der Waals surface area contributed by atoms with Crippen molar-refractivity contribution in [3.05, 3.63) is 29.5 Å². The normalized spacial score (nSPS) is 12.2. The molecule has 7 heteroatoms. The summed E-state index contributed by atoms with van der Waals surface area (Å²) in [6.07, 6.45) is 3.44. The van der Waals surface area contributed by atoms with Crippen LogP contribution in [-0.4, -0.2) is 36.9 Å². The van der Waals surface area contributed by atoms with Crippen molar-refractivity contribution in [2.24, 2.45) is 0 Å². The lowest BCUT2D eigenvalue weighted by Crippen LogP contribution is -2.33. The quantitative estimate of drug-likeness (QED) is 0.723. The largest absolute Gasteiger partial charge is 0.475 e. The van der Waals surface area contributed by atoms with Gasteiger partial charge >= 0.3 is 5.97 Å². The van der Waals surface area contributed by atoms with E-state index in [1.54, 1.807) is 6.92 Å². The summed E-state index contributed by atoms with van der Waals surface area (Å²) < 4.78 is 32.9. The second kappa shape index (κ2) is 8.01. The lowest BCUT2D eigenvalue weighted by Gasteiger charge is -2.22. The highest BCUT2D eigenvalue weighted by molar-refractivity contribution is 7.89. The Kier molecular flexibility index (Phi) is 6.24. The molecule has 0 aliphatic rings. The number of benzene rings is 1. The minimum atomic E-state index is -3.62. The van der Waals surface area contributed by atoms with Crippen molar-refractivity contribution in [1.82, 2.24) is 4.31 Å². The fourth-order valence-corrected chi connectivity index (χ4v) is 4.28. The van der Waals surface area contributed by atoms with Crippen molar-refractivity contribution in [3.63, 3.8) is 0 Å². The summed E-state index contributed by atoms with van der Waals surface area (Å²) in [5, 5.41) is 9.68. The summed E-state index contributed by atoms with van der Waals surface area (Å²) in [7, 11) is -3.62. The number of carbonyl (C=O) groups is 1. The molecule has 0 spiro atoms. The van der Waals surface area contributed by atoms with Crippen LogP contribution in [0.15, 0.2) is 27.5 Å². The van der Waals surface area contributed by atoms with E-state index in [1.807, 2.05) is 13.8 Å². The second-order valence-electron chi connectivity index (χ2n) is 6.13. The first-order valence-corrected chi connectivity index (χ1v) is 10.0. The van der Waals surface area contributed by atoms with E-state index in [4.69, 9.17) is 9.52 Å². The van der Waals surface area contributed by atoms with Gasteiger partial charge in [0.25, 0.3) is 0 Å². The van der Waals surface area contributed by atoms with E-state index in [1.165, 1.54) is 22.5 Å². The Balaban J connectivity index is 2.46. The maximum Gasteiger partial charge on any atom is 0.372 e. The zero-order valence-corrected chi connectivity index (χ0v) is 15.7. The van der Waals surface area contributed by atoms with E-state index in [9.17, 15) is 13.2 Å². The van der Waals surface area contributed by atoms with Gasteiger partial charge < -0.3 is 9.52 Å². The monoisotopic (exact) mass is 367 g/mol. The molecule has 1 heterocycles. The molecule has 0 saturated heterocycles. The summed E-state index contributed by atoms with van der Waals surface area (Å²) in [5.41, 5.74) is 0.815. The number of fused-ring (bicyclic) bond motifs is 1. The summed E-state index contributed by atoms with van der Waals surface area (Å²) in [4.78, 5) is 11.4. The fraction of sp³-hybridized carbons (Fsp3) is 0.500. The number of carboxylic acid groups (broad SMARTS) is 1. The molecule has 2 aromatic rings. The number of aromatic carboxylic acids is 1. The van der Waals surface area contributed by atoms with Crippen LogP contribution in [0.1, 0.15) is 55.6 Å². The molecule has 0 radical (unpaired) electrons. The molecule has 0 atom stereocenters. The number of nitrogens with zero attached hydrogens (tertiary/aromatic N) is 1. The molecule has 1 N–H and O–H groups in total. The third kappa shape index (κ3) is 4.04. The SMILES string of the molecule is CCCCN(CCCC)S(=O)(=O)c1ccc2oc(C(=O)O)c(C)c2c1. The maximum absolute atomic E-state index is 13.0. The minimum absolute atomic E-state index is 0.154. The number of furan rings is 1. The molecule has 1 aromatic heterocycles. The van der Waals surface area contributed by atoms with Crippen molar-refractivity contribution in [1.29, 1.82) is 0 Å². The number of hydrogen-bond acceptors (Lipinski definition) is 4. The molecule has 0 unspecified atom stereocenters. The molecule has 0 bridgehead atoms. The van der Waals surface area contributed by atoms with Crippen LogP contribution in [0.25, 0.3) is 11.0 Å². The second-order valence-corrected chi connectivity index (χ2v) is 8.07. The average Bonchev–Trinajstić information content (AvgIpc) is 2.91. The van der Waals surface area contributed by atoms with Crippen LogP contribution in [0.2, 0.25) is 0 Å². The Hall–Kier alpha value is -1.86. The Morgan fingerprint density at radius 1 is 1.16 bits per heavy atom. The van der Waals surface area contributed by atoms with Crippen LogP contribution in [0.5, 0.6) is 0 Å². The number of unbranched alkanes of at least 4 members (excludes halogenated alkanes) is 2. The van der Waals surface area contributed by atoms with Crippen molar-refractivity contribution in [3.8, 4) is 0 Å². The Bertz CT molecular complexity index is 846. The Labute approximate surface area is 148 Å². The molecule has 0 aliphatic heterocycles.